The highest BCUT2D eigenvalue weighted by Gasteiger charge is 2.56. The van der Waals surface area contributed by atoms with Gasteiger partial charge in [-0.1, -0.05) is 54.1 Å². The molecule has 3 heteroatoms. The van der Waals surface area contributed by atoms with Crippen LogP contribution in [-0.4, -0.2) is 12.6 Å². The highest BCUT2D eigenvalue weighted by molar-refractivity contribution is 6.30. The first-order valence-electron chi connectivity index (χ1n) is 7.19. The van der Waals surface area contributed by atoms with E-state index in [1.54, 1.807) is 0 Å². The Kier molecular flexibility index (Phi) is 3.98. The summed E-state index contributed by atoms with van der Waals surface area (Å²) in [6, 6.07) is 17.9. The van der Waals surface area contributed by atoms with Crippen molar-refractivity contribution < 1.29 is 9.53 Å². The molecule has 1 aliphatic rings. The zero-order valence-electron chi connectivity index (χ0n) is 11.8. The maximum absolute atomic E-state index is 12.2. The van der Waals surface area contributed by atoms with Crippen LogP contribution in [-0.2, 0) is 9.53 Å². The quantitative estimate of drug-likeness (QED) is 0.782. The molecule has 0 bridgehead atoms. The molecule has 1 unspecified atom stereocenters. The van der Waals surface area contributed by atoms with E-state index in [1.807, 2.05) is 49.4 Å². The zero-order valence-corrected chi connectivity index (χ0v) is 12.6. The second kappa shape index (κ2) is 5.90. The van der Waals surface area contributed by atoms with Crippen LogP contribution < -0.4 is 0 Å². The van der Waals surface area contributed by atoms with Crippen LogP contribution in [0.1, 0.15) is 29.9 Å². The molecule has 3 rings (SSSR count). The van der Waals surface area contributed by atoms with Crippen LogP contribution in [0.25, 0.3) is 0 Å². The third kappa shape index (κ3) is 2.81. The molecule has 0 heterocycles. The summed E-state index contributed by atoms with van der Waals surface area (Å²) < 4.78 is 5.23. The van der Waals surface area contributed by atoms with Gasteiger partial charge in [0.1, 0.15) is 0 Å². The van der Waals surface area contributed by atoms with Gasteiger partial charge in [0, 0.05) is 16.9 Å². The number of hydrogen-bond donors (Lipinski definition) is 0. The Bertz CT molecular complexity index is 621. The molecule has 21 heavy (non-hydrogen) atoms. The largest absolute Gasteiger partial charge is 0.466 e. The van der Waals surface area contributed by atoms with E-state index in [1.165, 1.54) is 5.56 Å². The highest BCUT2D eigenvalue weighted by atomic mass is 35.5. The molecule has 3 atom stereocenters. The molecular formula is C18H17ClO2. The van der Waals surface area contributed by atoms with Crippen molar-refractivity contribution in [3.05, 3.63) is 70.7 Å². The Labute approximate surface area is 129 Å². The van der Waals surface area contributed by atoms with Crippen molar-refractivity contribution in [1.29, 1.82) is 0 Å². The standard InChI is InChI=1S/C18H17ClO2/c1-2-21-18(20)17-15(12-6-4-3-5-7-12)16(17)13-8-10-14(19)11-9-13/h3-11,15-17H,2H2,1H3/t15-,16-,17?/m1/s1. The smallest absolute Gasteiger partial charge is 0.310 e. The molecule has 108 valence electrons. The van der Waals surface area contributed by atoms with E-state index < -0.39 is 0 Å². The summed E-state index contributed by atoms with van der Waals surface area (Å²) in [6.45, 7) is 2.26. The lowest BCUT2D eigenvalue weighted by molar-refractivity contribution is -0.144. The molecule has 0 N–H and O–H groups in total. The van der Waals surface area contributed by atoms with Gasteiger partial charge in [-0.15, -0.1) is 0 Å². The van der Waals surface area contributed by atoms with Crippen LogP contribution in [0.2, 0.25) is 5.02 Å². The Morgan fingerprint density at radius 1 is 1.00 bits per heavy atom. The van der Waals surface area contributed by atoms with Crippen molar-refractivity contribution in [2.45, 2.75) is 18.8 Å². The first-order chi connectivity index (χ1) is 10.2. The normalized spacial score (nSPS) is 23.6. The molecule has 2 nitrogen and oxygen atoms in total. The number of benzene rings is 2. The predicted molar refractivity (Wildman–Crippen MR) is 83.5 cm³/mol. The van der Waals surface area contributed by atoms with Gasteiger partial charge in [0.25, 0.3) is 0 Å². The molecule has 0 saturated heterocycles. The Hall–Kier alpha value is -1.80. The van der Waals surface area contributed by atoms with Crippen molar-refractivity contribution in [2.24, 2.45) is 5.92 Å². The fourth-order valence-corrected chi connectivity index (χ4v) is 3.16. The van der Waals surface area contributed by atoms with Crippen molar-refractivity contribution in [3.8, 4) is 0 Å². The number of esters is 1. The predicted octanol–water partition coefficient (Wildman–Crippen LogP) is 4.40. The molecule has 1 aliphatic carbocycles. The number of hydrogen-bond acceptors (Lipinski definition) is 2. The monoisotopic (exact) mass is 300 g/mol. The SMILES string of the molecule is CCOC(=O)C1[C@H](c2ccccc2)[C@H]1c1ccc(Cl)cc1. The molecule has 0 radical (unpaired) electrons. The van der Waals surface area contributed by atoms with Crippen LogP contribution in [0.15, 0.2) is 54.6 Å². The molecule has 1 fully saturated rings. The van der Waals surface area contributed by atoms with Gasteiger partial charge in [-0.2, -0.15) is 0 Å². The van der Waals surface area contributed by atoms with Gasteiger partial charge >= 0.3 is 5.97 Å². The van der Waals surface area contributed by atoms with Gasteiger partial charge < -0.3 is 4.74 Å². The third-order valence-electron chi connectivity index (χ3n) is 4.02. The fourth-order valence-electron chi connectivity index (χ4n) is 3.03. The maximum Gasteiger partial charge on any atom is 0.310 e. The van der Waals surface area contributed by atoms with E-state index in [-0.39, 0.29) is 23.7 Å². The lowest BCUT2D eigenvalue weighted by atomic mass is 10.0. The molecule has 0 aliphatic heterocycles. The Morgan fingerprint density at radius 2 is 1.57 bits per heavy atom. The Balaban J connectivity index is 1.89. The van der Waals surface area contributed by atoms with Crippen LogP contribution in [0, 0.1) is 5.92 Å². The van der Waals surface area contributed by atoms with Gasteiger partial charge in [-0.05, 0) is 30.2 Å². The number of ether oxygens (including phenoxy) is 1. The van der Waals surface area contributed by atoms with Crippen molar-refractivity contribution >= 4 is 17.6 Å². The van der Waals surface area contributed by atoms with E-state index in [4.69, 9.17) is 16.3 Å². The highest BCUT2D eigenvalue weighted by Crippen LogP contribution is 2.60. The molecule has 2 aromatic rings. The van der Waals surface area contributed by atoms with Gasteiger partial charge in [-0.25, -0.2) is 0 Å². The molecular weight excluding hydrogens is 284 g/mol. The topological polar surface area (TPSA) is 26.3 Å². The van der Waals surface area contributed by atoms with Crippen molar-refractivity contribution in [2.75, 3.05) is 6.61 Å². The summed E-state index contributed by atoms with van der Waals surface area (Å²) in [6.07, 6.45) is 0. The zero-order chi connectivity index (χ0) is 14.8. The van der Waals surface area contributed by atoms with Crippen LogP contribution in [0.3, 0.4) is 0 Å². The fraction of sp³-hybridized carbons (Fsp3) is 0.278. The van der Waals surface area contributed by atoms with E-state index in [9.17, 15) is 4.79 Å². The van der Waals surface area contributed by atoms with E-state index in [0.717, 1.165) is 5.56 Å². The van der Waals surface area contributed by atoms with Crippen molar-refractivity contribution in [1.82, 2.24) is 0 Å². The minimum absolute atomic E-state index is 0.0893. The Morgan fingerprint density at radius 3 is 2.14 bits per heavy atom. The van der Waals surface area contributed by atoms with Gasteiger partial charge in [-0.3, -0.25) is 4.79 Å². The summed E-state index contributed by atoms with van der Waals surface area (Å²) in [5.74, 6) is 0.190. The van der Waals surface area contributed by atoms with Crippen LogP contribution in [0.5, 0.6) is 0 Å². The summed E-state index contributed by atoms with van der Waals surface area (Å²) in [4.78, 5) is 12.2. The molecule has 0 spiro atoms. The average molecular weight is 301 g/mol. The molecule has 0 amide bonds. The summed E-state index contributed by atoms with van der Waals surface area (Å²) in [5.41, 5.74) is 2.34. The first kappa shape index (κ1) is 14.2. The average Bonchev–Trinajstić information content (AvgIpc) is 3.25. The summed E-state index contributed by atoms with van der Waals surface area (Å²) >= 11 is 5.95. The van der Waals surface area contributed by atoms with Crippen LogP contribution in [0.4, 0.5) is 0 Å². The molecule has 1 saturated carbocycles. The van der Waals surface area contributed by atoms with Crippen molar-refractivity contribution in [3.63, 3.8) is 0 Å². The number of rotatable bonds is 4. The van der Waals surface area contributed by atoms with E-state index >= 15 is 0 Å². The second-order valence-electron chi connectivity index (χ2n) is 5.29. The van der Waals surface area contributed by atoms with Gasteiger partial charge in [0.05, 0.1) is 12.5 Å². The van der Waals surface area contributed by atoms with Gasteiger partial charge in [0.2, 0.25) is 0 Å². The number of carbonyl (C=O) groups is 1. The number of carbonyl (C=O) groups excluding carboxylic acids is 1. The first-order valence-corrected chi connectivity index (χ1v) is 7.57. The van der Waals surface area contributed by atoms with Crippen LogP contribution >= 0.6 is 11.6 Å². The molecule has 2 aromatic carbocycles. The van der Waals surface area contributed by atoms with E-state index in [0.29, 0.717) is 11.6 Å². The second-order valence-corrected chi connectivity index (χ2v) is 5.73. The third-order valence-corrected chi connectivity index (χ3v) is 4.27. The molecule has 0 aromatic heterocycles. The minimum atomic E-state index is -0.105. The van der Waals surface area contributed by atoms with E-state index in [2.05, 4.69) is 12.1 Å². The summed E-state index contributed by atoms with van der Waals surface area (Å²) in [5, 5.41) is 0.711. The lowest BCUT2D eigenvalue weighted by Gasteiger charge is -2.01. The van der Waals surface area contributed by atoms with Gasteiger partial charge in [0.15, 0.2) is 0 Å². The number of halogens is 1. The summed E-state index contributed by atoms with van der Waals surface area (Å²) in [7, 11) is 0. The maximum atomic E-state index is 12.2. The lowest BCUT2D eigenvalue weighted by Crippen LogP contribution is -2.08. The minimum Gasteiger partial charge on any atom is -0.466 e.